The van der Waals surface area contributed by atoms with E-state index < -0.39 is 23.6 Å². The Labute approximate surface area is 121 Å². The molecule has 1 atom stereocenters. The molecular formula is C14H18F2N2O3. The van der Waals surface area contributed by atoms with Gasteiger partial charge in [-0.3, -0.25) is 4.79 Å². The number of carbonyl (C=O) groups is 2. The summed E-state index contributed by atoms with van der Waals surface area (Å²) < 4.78 is 26.2. The Kier molecular flexibility index (Phi) is 6.58. The summed E-state index contributed by atoms with van der Waals surface area (Å²) in [5.41, 5.74) is -0.230. The molecule has 0 radical (unpaired) electrons. The maximum atomic E-state index is 13.3. The normalized spacial score (nSPS) is 11.8. The molecule has 0 saturated carbocycles. The smallest absolute Gasteiger partial charge is 0.319 e. The molecular weight excluding hydrogens is 282 g/mol. The Balaban J connectivity index is 2.31. The van der Waals surface area contributed by atoms with Crippen LogP contribution in [0.4, 0.5) is 19.3 Å². The molecule has 3 N–H and O–H groups in total. The van der Waals surface area contributed by atoms with Gasteiger partial charge >= 0.3 is 12.0 Å². The van der Waals surface area contributed by atoms with Gasteiger partial charge in [0.15, 0.2) is 0 Å². The largest absolute Gasteiger partial charge is 0.481 e. The fourth-order valence-electron chi connectivity index (χ4n) is 1.71. The highest BCUT2D eigenvalue weighted by Gasteiger charge is 2.09. The van der Waals surface area contributed by atoms with Crippen LogP contribution in [-0.4, -0.2) is 23.7 Å². The number of hydrogen-bond donors (Lipinski definition) is 3. The van der Waals surface area contributed by atoms with E-state index in [-0.39, 0.29) is 18.0 Å². The van der Waals surface area contributed by atoms with Crippen LogP contribution < -0.4 is 10.6 Å². The van der Waals surface area contributed by atoms with E-state index in [4.69, 9.17) is 5.11 Å². The van der Waals surface area contributed by atoms with Crippen LogP contribution in [0.5, 0.6) is 0 Å². The minimum Gasteiger partial charge on any atom is -0.481 e. The summed E-state index contributed by atoms with van der Waals surface area (Å²) >= 11 is 0. The lowest BCUT2D eigenvalue weighted by molar-refractivity contribution is -0.137. The third-order valence-electron chi connectivity index (χ3n) is 2.95. The molecule has 0 aliphatic rings. The first-order valence-electron chi connectivity index (χ1n) is 6.60. The predicted octanol–water partition coefficient (Wildman–Crippen LogP) is 2.98. The standard InChI is InChI=1S/C14H18F2N2O3/c1-9(2-5-13(19)20)6-7-17-14(21)18-12-8-10(15)3-4-11(12)16/h3-4,8-9H,2,5-7H2,1H3,(H,19,20)(H2,17,18,21). The summed E-state index contributed by atoms with van der Waals surface area (Å²) in [6.07, 6.45) is 1.21. The van der Waals surface area contributed by atoms with Gasteiger partial charge in [-0.2, -0.15) is 0 Å². The molecule has 0 bridgehead atoms. The van der Waals surface area contributed by atoms with Crippen molar-refractivity contribution in [3.05, 3.63) is 29.8 Å². The fourth-order valence-corrected chi connectivity index (χ4v) is 1.71. The summed E-state index contributed by atoms with van der Waals surface area (Å²) in [6, 6.07) is 2.15. The van der Waals surface area contributed by atoms with E-state index in [1.54, 1.807) is 0 Å². The van der Waals surface area contributed by atoms with E-state index >= 15 is 0 Å². The number of amides is 2. The molecule has 0 aromatic heterocycles. The van der Waals surface area contributed by atoms with Gasteiger partial charge in [-0.25, -0.2) is 13.6 Å². The van der Waals surface area contributed by atoms with Crippen LogP contribution in [0.1, 0.15) is 26.2 Å². The number of hydrogen-bond acceptors (Lipinski definition) is 2. The molecule has 1 aromatic rings. The summed E-state index contributed by atoms with van der Waals surface area (Å²) in [5.74, 6) is -2.07. The number of halogens is 2. The molecule has 1 rings (SSSR count). The van der Waals surface area contributed by atoms with Crippen molar-refractivity contribution in [1.82, 2.24) is 5.32 Å². The number of rotatable bonds is 7. The molecule has 0 aliphatic carbocycles. The summed E-state index contributed by atoms with van der Waals surface area (Å²) in [5, 5.41) is 13.3. The van der Waals surface area contributed by atoms with Gasteiger partial charge in [-0.15, -0.1) is 0 Å². The molecule has 7 heteroatoms. The fraction of sp³-hybridized carbons (Fsp3) is 0.429. The molecule has 5 nitrogen and oxygen atoms in total. The highest BCUT2D eigenvalue weighted by atomic mass is 19.1. The lowest BCUT2D eigenvalue weighted by Crippen LogP contribution is -2.30. The minimum atomic E-state index is -0.853. The number of anilines is 1. The zero-order chi connectivity index (χ0) is 15.8. The molecule has 0 saturated heterocycles. The average molecular weight is 300 g/mol. The third kappa shape index (κ3) is 6.69. The average Bonchev–Trinajstić information content (AvgIpc) is 2.40. The molecule has 2 amide bonds. The molecule has 1 unspecified atom stereocenters. The van der Waals surface area contributed by atoms with Gasteiger partial charge in [0.25, 0.3) is 0 Å². The van der Waals surface area contributed by atoms with Gasteiger partial charge < -0.3 is 15.7 Å². The van der Waals surface area contributed by atoms with Crippen molar-refractivity contribution in [2.24, 2.45) is 5.92 Å². The van der Waals surface area contributed by atoms with Crippen LogP contribution in [0.3, 0.4) is 0 Å². The number of carbonyl (C=O) groups excluding carboxylic acids is 1. The van der Waals surface area contributed by atoms with Crippen molar-refractivity contribution >= 4 is 17.7 Å². The van der Waals surface area contributed by atoms with E-state index in [9.17, 15) is 18.4 Å². The summed E-state index contributed by atoms with van der Waals surface area (Å²) in [4.78, 5) is 21.9. The van der Waals surface area contributed by atoms with Crippen molar-refractivity contribution in [1.29, 1.82) is 0 Å². The highest BCUT2D eigenvalue weighted by molar-refractivity contribution is 5.89. The van der Waals surface area contributed by atoms with E-state index in [2.05, 4.69) is 10.6 Å². The Hall–Kier alpha value is -2.18. The van der Waals surface area contributed by atoms with Gasteiger partial charge in [0.2, 0.25) is 0 Å². The maximum Gasteiger partial charge on any atom is 0.319 e. The van der Waals surface area contributed by atoms with Crippen LogP contribution in [0.15, 0.2) is 18.2 Å². The first-order chi connectivity index (χ1) is 9.88. The molecule has 0 spiro atoms. The second-order valence-corrected chi connectivity index (χ2v) is 4.83. The lowest BCUT2D eigenvalue weighted by Gasteiger charge is -2.12. The zero-order valence-electron chi connectivity index (χ0n) is 11.7. The molecule has 1 aromatic carbocycles. The van der Waals surface area contributed by atoms with Crippen LogP contribution in [0.25, 0.3) is 0 Å². The van der Waals surface area contributed by atoms with Gasteiger partial charge in [0.1, 0.15) is 11.6 Å². The van der Waals surface area contributed by atoms with Crippen LogP contribution in [-0.2, 0) is 4.79 Å². The molecule has 0 fully saturated rings. The van der Waals surface area contributed by atoms with Crippen LogP contribution in [0.2, 0.25) is 0 Å². The number of benzene rings is 1. The number of carboxylic acid groups (broad SMARTS) is 1. The van der Waals surface area contributed by atoms with E-state index in [1.807, 2.05) is 6.92 Å². The minimum absolute atomic E-state index is 0.0852. The number of aliphatic carboxylic acids is 1. The summed E-state index contributed by atoms with van der Waals surface area (Å²) in [7, 11) is 0. The molecule has 116 valence electrons. The Morgan fingerprint density at radius 3 is 2.67 bits per heavy atom. The van der Waals surface area contributed by atoms with Crippen molar-refractivity contribution in [3.8, 4) is 0 Å². The highest BCUT2D eigenvalue weighted by Crippen LogP contribution is 2.15. The second kappa shape index (κ2) is 8.18. The Bertz CT molecular complexity index is 509. The zero-order valence-corrected chi connectivity index (χ0v) is 11.7. The van der Waals surface area contributed by atoms with Crippen molar-refractivity contribution < 1.29 is 23.5 Å². The monoisotopic (exact) mass is 300 g/mol. The first-order valence-corrected chi connectivity index (χ1v) is 6.60. The van der Waals surface area contributed by atoms with Crippen molar-refractivity contribution in [3.63, 3.8) is 0 Å². The summed E-state index contributed by atoms with van der Waals surface area (Å²) in [6.45, 7) is 2.21. The maximum absolute atomic E-state index is 13.3. The first kappa shape index (κ1) is 16.9. The number of nitrogens with one attached hydrogen (secondary N) is 2. The van der Waals surface area contributed by atoms with Crippen molar-refractivity contribution in [2.75, 3.05) is 11.9 Å². The second-order valence-electron chi connectivity index (χ2n) is 4.83. The Morgan fingerprint density at radius 1 is 1.29 bits per heavy atom. The van der Waals surface area contributed by atoms with E-state index in [0.717, 1.165) is 18.2 Å². The van der Waals surface area contributed by atoms with Gasteiger partial charge in [-0.1, -0.05) is 6.92 Å². The number of carboxylic acids is 1. The quantitative estimate of drug-likeness (QED) is 0.724. The van der Waals surface area contributed by atoms with Crippen molar-refractivity contribution in [2.45, 2.75) is 26.2 Å². The topological polar surface area (TPSA) is 78.4 Å². The molecule has 0 heterocycles. The Morgan fingerprint density at radius 2 is 2.00 bits per heavy atom. The van der Waals surface area contributed by atoms with Gasteiger partial charge in [-0.05, 0) is 30.9 Å². The lowest BCUT2D eigenvalue weighted by atomic mass is 10.0. The predicted molar refractivity (Wildman–Crippen MR) is 74.0 cm³/mol. The molecule has 21 heavy (non-hydrogen) atoms. The molecule has 0 aliphatic heterocycles. The van der Waals surface area contributed by atoms with Gasteiger partial charge in [0, 0.05) is 19.0 Å². The third-order valence-corrected chi connectivity index (χ3v) is 2.95. The SMILES string of the molecule is CC(CCNC(=O)Nc1cc(F)ccc1F)CCC(=O)O. The van der Waals surface area contributed by atoms with Crippen LogP contribution in [0, 0.1) is 17.6 Å². The van der Waals surface area contributed by atoms with E-state index in [1.165, 1.54) is 0 Å². The van der Waals surface area contributed by atoms with Crippen LogP contribution >= 0.6 is 0 Å². The number of urea groups is 1. The van der Waals surface area contributed by atoms with E-state index in [0.29, 0.717) is 19.4 Å². The van der Waals surface area contributed by atoms with Gasteiger partial charge in [0.05, 0.1) is 5.69 Å².